The average molecular weight is 264 g/mol. The van der Waals surface area contributed by atoms with Crippen molar-refractivity contribution in [3.8, 4) is 0 Å². The first-order valence-corrected chi connectivity index (χ1v) is 5.83. The zero-order chi connectivity index (χ0) is 13.1. The summed E-state index contributed by atoms with van der Waals surface area (Å²) in [5, 5.41) is 0.0614. The summed E-state index contributed by atoms with van der Waals surface area (Å²) < 4.78 is 13.3. The normalized spacial score (nSPS) is 10.4. The van der Waals surface area contributed by atoms with Gasteiger partial charge in [-0.2, -0.15) is 0 Å². The van der Waals surface area contributed by atoms with Crippen molar-refractivity contribution in [2.45, 2.75) is 13.3 Å². The highest BCUT2D eigenvalue weighted by Gasteiger charge is 2.11. The van der Waals surface area contributed by atoms with Gasteiger partial charge in [0.1, 0.15) is 5.82 Å². The summed E-state index contributed by atoms with van der Waals surface area (Å²) in [5.41, 5.74) is 2.04. The van der Waals surface area contributed by atoms with Crippen LogP contribution < -0.4 is 0 Å². The summed E-state index contributed by atoms with van der Waals surface area (Å²) in [6.45, 7) is 1.82. The van der Waals surface area contributed by atoms with Crippen LogP contribution in [0, 0.1) is 12.7 Å². The molecule has 0 bridgehead atoms. The number of hydrogen-bond donors (Lipinski definition) is 0. The van der Waals surface area contributed by atoms with Crippen LogP contribution in [0.5, 0.6) is 0 Å². The highest BCUT2D eigenvalue weighted by molar-refractivity contribution is 6.30. The van der Waals surface area contributed by atoms with E-state index < -0.39 is 5.82 Å². The molecule has 0 saturated carbocycles. The number of hydrogen-bond acceptors (Lipinski definition) is 2. The van der Waals surface area contributed by atoms with E-state index in [0.717, 1.165) is 5.56 Å². The molecule has 0 N–H and O–H groups in total. The van der Waals surface area contributed by atoms with Gasteiger partial charge in [0.05, 0.1) is 5.02 Å². The van der Waals surface area contributed by atoms with Crippen molar-refractivity contribution in [1.29, 1.82) is 0 Å². The van der Waals surface area contributed by atoms with Crippen LogP contribution in [0.15, 0.2) is 36.7 Å². The number of nitrogens with zero attached hydrogens (tertiary/aromatic N) is 1. The standard InChI is InChI=1S/C14H11ClFNO/c1-9-8-17-5-4-11(9)14(18)7-10-2-3-12(15)13(16)6-10/h2-6,8H,7H2,1H3. The molecule has 1 aromatic heterocycles. The van der Waals surface area contributed by atoms with Gasteiger partial charge in [-0.05, 0) is 36.2 Å². The molecule has 18 heavy (non-hydrogen) atoms. The van der Waals surface area contributed by atoms with E-state index in [2.05, 4.69) is 4.98 Å². The third-order valence-corrected chi connectivity index (χ3v) is 2.98. The molecule has 0 aliphatic heterocycles. The van der Waals surface area contributed by atoms with Crippen molar-refractivity contribution >= 4 is 17.4 Å². The minimum absolute atomic E-state index is 0.0587. The third-order valence-electron chi connectivity index (χ3n) is 2.67. The highest BCUT2D eigenvalue weighted by atomic mass is 35.5. The molecular weight excluding hydrogens is 253 g/mol. The Hall–Kier alpha value is -1.74. The number of aryl methyl sites for hydroxylation is 1. The predicted octanol–water partition coefficient (Wildman–Crippen LogP) is 3.61. The summed E-state index contributed by atoms with van der Waals surface area (Å²) >= 11 is 5.59. The van der Waals surface area contributed by atoms with Gasteiger partial charge in [0, 0.05) is 24.4 Å². The van der Waals surface area contributed by atoms with E-state index >= 15 is 0 Å². The molecule has 0 saturated heterocycles. The van der Waals surface area contributed by atoms with E-state index in [1.807, 2.05) is 6.92 Å². The Morgan fingerprint density at radius 1 is 1.39 bits per heavy atom. The van der Waals surface area contributed by atoms with Crippen LogP contribution in [0.2, 0.25) is 5.02 Å². The zero-order valence-electron chi connectivity index (χ0n) is 9.78. The third kappa shape index (κ3) is 2.74. The Morgan fingerprint density at radius 2 is 2.17 bits per heavy atom. The number of aromatic nitrogens is 1. The first-order chi connectivity index (χ1) is 8.58. The van der Waals surface area contributed by atoms with Crippen LogP contribution in [0.3, 0.4) is 0 Å². The monoisotopic (exact) mass is 263 g/mol. The largest absolute Gasteiger partial charge is 0.294 e. The smallest absolute Gasteiger partial charge is 0.167 e. The van der Waals surface area contributed by atoms with Crippen molar-refractivity contribution in [2.24, 2.45) is 0 Å². The molecule has 4 heteroatoms. The molecule has 92 valence electrons. The van der Waals surface area contributed by atoms with Gasteiger partial charge in [-0.1, -0.05) is 17.7 Å². The summed E-state index contributed by atoms with van der Waals surface area (Å²) in [6, 6.07) is 6.07. The molecule has 1 aromatic carbocycles. The molecule has 0 aliphatic carbocycles. The van der Waals surface area contributed by atoms with Gasteiger partial charge in [-0.15, -0.1) is 0 Å². The van der Waals surface area contributed by atoms with Gasteiger partial charge in [-0.3, -0.25) is 9.78 Å². The minimum Gasteiger partial charge on any atom is -0.294 e. The lowest BCUT2D eigenvalue weighted by Gasteiger charge is -2.05. The molecule has 0 aliphatic rings. The quantitative estimate of drug-likeness (QED) is 0.792. The second kappa shape index (κ2) is 5.27. The SMILES string of the molecule is Cc1cnccc1C(=O)Cc1ccc(Cl)c(F)c1. The molecule has 0 atom stereocenters. The molecule has 2 nitrogen and oxygen atoms in total. The Bertz CT molecular complexity index is 598. The van der Waals surface area contributed by atoms with Crippen LogP contribution in [0.1, 0.15) is 21.5 Å². The van der Waals surface area contributed by atoms with Crippen LogP contribution in [0.4, 0.5) is 4.39 Å². The number of ketones is 1. The summed E-state index contributed by atoms with van der Waals surface area (Å²) in [5.74, 6) is -0.565. The maximum Gasteiger partial charge on any atom is 0.167 e. The fourth-order valence-electron chi connectivity index (χ4n) is 1.72. The second-order valence-corrected chi connectivity index (χ2v) is 4.45. The molecule has 0 unspecified atom stereocenters. The van der Waals surface area contributed by atoms with Gasteiger partial charge in [0.15, 0.2) is 5.78 Å². The number of carbonyl (C=O) groups is 1. The van der Waals surface area contributed by atoms with E-state index in [1.165, 1.54) is 12.1 Å². The average Bonchev–Trinajstić information content (AvgIpc) is 2.34. The molecular formula is C14H11ClFNO. The maximum absolute atomic E-state index is 13.3. The molecule has 2 aromatic rings. The van der Waals surface area contributed by atoms with E-state index in [9.17, 15) is 9.18 Å². The van der Waals surface area contributed by atoms with Crippen molar-refractivity contribution in [3.63, 3.8) is 0 Å². The van der Waals surface area contributed by atoms with Crippen LogP contribution in [0.25, 0.3) is 0 Å². The van der Waals surface area contributed by atoms with E-state index in [-0.39, 0.29) is 17.2 Å². The lowest BCUT2D eigenvalue weighted by Crippen LogP contribution is -2.06. The fraction of sp³-hybridized carbons (Fsp3) is 0.143. The van der Waals surface area contributed by atoms with Gasteiger partial charge in [-0.25, -0.2) is 4.39 Å². The lowest BCUT2D eigenvalue weighted by atomic mass is 10.0. The first kappa shape index (κ1) is 12.7. The molecule has 2 rings (SSSR count). The van der Waals surface area contributed by atoms with Crippen molar-refractivity contribution < 1.29 is 9.18 Å². The highest BCUT2D eigenvalue weighted by Crippen LogP contribution is 2.17. The summed E-state index contributed by atoms with van der Waals surface area (Å²) in [7, 11) is 0. The predicted molar refractivity (Wildman–Crippen MR) is 68.4 cm³/mol. The van der Waals surface area contributed by atoms with Crippen molar-refractivity contribution in [2.75, 3.05) is 0 Å². The van der Waals surface area contributed by atoms with Crippen LogP contribution in [-0.2, 0) is 6.42 Å². The van der Waals surface area contributed by atoms with Crippen molar-refractivity contribution in [1.82, 2.24) is 4.98 Å². The van der Waals surface area contributed by atoms with Gasteiger partial charge in [0.2, 0.25) is 0 Å². The van der Waals surface area contributed by atoms with E-state index in [0.29, 0.717) is 11.1 Å². The first-order valence-electron chi connectivity index (χ1n) is 5.45. The van der Waals surface area contributed by atoms with Crippen LogP contribution >= 0.6 is 11.6 Å². The van der Waals surface area contributed by atoms with Crippen molar-refractivity contribution in [3.05, 3.63) is 64.2 Å². The number of halogens is 2. The molecule has 1 heterocycles. The van der Waals surface area contributed by atoms with Gasteiger partial charge < -0.3 is 0 Å². The number of benzene rings is 1. The second-order valence-electron chi connectivity index (χ2n) is 4.04. The number of carbonyl (C=O) groups excluding carboxylic acids is 1. The fourth-order valence-corrected chi connectivity index (χ4v) is 1.83. The van der Waals surface area contributed by atoms with E-state index in [1.54, 1.807) is 24.5 Å². The summed E-state index contributed by atoms with van der Waals surface area (Å²) in [6.07, 6.45) is 3.36. The van der Waals surface area contributed by atoms with E-state index in [4.69, 9.17) is 11.6 Å². The van der Waals surface area contributed by atoms with Gasteiger partial charge in [0.25, 0.3) is 0 Å². The maximum atomic E-state index is 13.3. The van der Waals surface area contributed by atoms with Crippen LogP contribution in [-0.4, -0.2) is 10.8 Å². The Morgan fingerprint density at radius 3 is 2.83 bits per heavy atom. The lowest BCUT2D eigenvalue weighted by molar-refractivity contribution is 0.0992. The zero-order valence-corrected chi connectivity index (χ0v) is 10.5. The number of pyridine rings is 1. The molecule has 0 radical (unpaired) electrons. The topological polar surface area (TPSA) is 30.0 Å². The molecule has 0 amide bonds. The molecule has 0 fully saturated rings. The number of rotatable bonds is 3. The Kier molecular flexibility index (Phi) is 3.72. The number of Topliss-reactive ketones (excluding diaryl/α,β-unsaturated/α-hetero) is 1. The molecule has 0 spiro atoms. The Balaban J connectivity index is 2.22. The summed E-state index contributed by atoms with van der Waals surface area (Å²) in [4.78, 5) is 16.0. The Labute approximate surface area is 109 Å². The van der Waals surface area contributed by atoms with Gasteiger partial charge >= 0.3 is 0 Å². The minimum atomic E-state index is -0.506.